The second-order valence-electron chi connectivity index (χ2n) is 10.1. The van der Waals surface area contributed by atoms with Crippen LogP contribution in [0.2, 0.25) is 5.28 Å². The largest absolute Gasteiger partial charge is 0.387 e. The van der Waals surface area contributed by atoms with E-state index in [9.17, 15) is 24.1 Å². The lowest BCUT2D eigenvalue weighted by Gasteiger charge is -2.26. The van der Waals surface area contributed by atoms with Gasteiger partial charge in [0.2, 0.25) is 5.28 Å². The maximum Gasteiger partial charge on any atom is 0.386 e. The van der Waals surface area contributed by atoms with E-state index in [1.807, 2.05) is 0 Å². The Labute approximate surface area is 275 Å². The smallest absolute Gasteiger partial charge is 0.386 e. The van der Waals surface area contributed by atoms with Crippen LogP contribution in [0.1, 0.15) is 12.5 Å². The van der Waals surface area contributed by atoms with Crippen LogP contribution in [-0.4, -0.2) is 94.1 Å². The molecule has 3 aliphatic rings. The number of hydrogen-bond acceptors (Lipinski definition) is 19. The molecule has 0 saturated carbocycles. The minimum atomic E-state index is -4.39. The zero-order valence-corrected chi connectivity index (χ0v) is 27.8. The summed E-state index contributed by atoms with van der Waals surface area (Å²) in [7, 11) is 0. The average Bonchev–Trinajstić information content (AvgIpc) is 3.71. The number of thiol groups is 2. The molecule has 4 aromatic rings. The summed E-state index contributed by atoms with van der Waals surface area (Å²) in [4.78, 5) is 32.4. The summed E-state index contributed by atoms with van der Waals surface area (Å²) in [6, 6.07) is 0. The lowest BCUT2D eigenvalue weighted by molar-refractivity contribution is -0.0578. The lowest BCUT2D eigenvalue weighted by atomic mass is 10.1. The number of ether oxygens (including phenoxy) is 2. The highest BCUT2D eigenvalue weighted by Gasteiger charge is 2.53. The Kier molecular flexibility index (Phi) is 8.42. The number of rotatable bonds is 2. The van der Waals surface area contributed by atoms with Gasteiger partial charge in [0.05, 0.1) is 19.5 Å². The van der Waals surface area contributed by atoms with E-state index in [0.29, 0.717) is 11.3 Å². The van der Waals surface area contributed by atoms with E-state index < -0.39 is 80.8 Å². The molecule has 7 heterocycles. The van der Waals surface area contributed by atoms with Crippen molar-refractivity contribution in [1.82, 2.24) is 34.1 Å². The number of fused-ring (bicyclic) bond motifs is 5. The molecule has 20 nitrogen and oxygen atoms in total. The molecule has 0 amide bonds. The van der Waals surface area contributed by atoms with Gasteiger partial charge in [-0.3, -0.25) is 32.0 Å². The molecule has 6 N–H and O–H groups in total. The molecule has 3 saturated heterocycles. The van der Waals surface area contributed by atoms with Crippen molar-refractivity contribution < 1.29 is 46.9 Å². The summed E-state index contributed by atoms with van der Waals surface area (Å²) >= 11 is 14.7. The van der Waals surface area contributed by atoms with Crippen LogP contribution in [0.5, 0.6) is 0 Å². The van der Waals surface area contributed by atoms with Crippen molar-refractivity contribution in [2.24, 2.45) is 0 Å². The first-order valence-corrected chi connectivity index (χ1v) is 19.6. The lowest BCUT2D eigenvalue weighted by Crippen LogP contribution is -2.36. The Morgan fingerprint density at radius 1 is 0.913 bits per heavy atom. The molecule has 10 atom stereocenters. The van der Waals surface area contributed by atoms with Gasteiger partial charge in [-0.2, -0.15) is 9.97 Å². The van der Waals surface area contributed by atoms with Gasteiger partial charge >= 0.3 is 18.5 Å². The molecule has 0 spiro atoms. The molecule has 2 bridgehead atoms. The van der Waals surface area contributed by atoms with Crippen LogP contribution in [0, 0.1) is 0 Å². The number of imidazole rings is 1. The van der Waals surface area contributed by atoms with Crippen LogP contribution in [0.15, 0.2) is 17.4 Å². The number of nitrogens with zero attached hydrogens (tertiary/aromatic N) is 7. The second-order valence-corrected chi connectivity index (χ2v) is 17.2. The molecule has 26 heteroatoms. The predicted molar refractivity (Wildman–Crippen MR) is 166 cm³/mol. The first-order chi connectivity index (χ1) is 21.7. The molecular weight excluding hydrogens is 736 g/mol. The highest BCUT2D eigenvalue weighted by Crippen LogP contribution is 2.60. The summed E-state index contributed by atoms with van der Waals surface area (Å²) in [5, 5.41) is 22.2. The average molecular weight is 758 g/mol. The quantitative estimate of drug-likeness (QED) is 0.0942. The van der Waals surface area contributed by atoms with E-state index in [-0.39, 0.29) is 38.4 Å². The van der Waals surface area contributed by atoms with Crippen molar-refractivity contribution in [2.45, 2.75) is 49.1 Å². The minimum absolute atomic E-state index is 0.0485. The van der Waals surface area contributed by atoms with Gasteiger partial charge in [0.15, 0.2) is 29.6 Å². The Hall–Kier alpha value is -1.95. The first-order valence-electron chi connectivity index (χ1n) is 13.0. The number of anilines is 2. The van der Waals surface area contributed by atoms with Gasteiger partial charge in [0.1, 0.15) is 59.0 Å². The predicted octanol–water partition coefficient (Wildman–Crippen LogP) is 0.920. The van der Waals surface area contributed by atoms with Crippen LogP contribution in [0.3, 0.4) is 0 Å². The van der Waals surface area contributed by atoms with Gasteiger partial charge in [0, 0.05) is 0 Å². The fraction of sp³-hybridized carbons (Fsp3) is 0.500. The van der Waals surface area contributed by atoms with Crippen LogP contribution >= 0.6 is 61.0 Å². The van der Waals surface area contributed by atoms with Gasteiger partial charge in [-0.25, -0.2) is 24.1 Å². The summed E-state index contributed by atoms with van der Waals surface area (Å²) < 4.78 is 63.6. The normalized spacial score (nSPS) is 37.2. The fourth-order valence-corrected chi connectivity index (χ4v) is 9.26. The van der Waals surface area contributed by atoms with Crippen molar-refractivity contribution in [3.05, 3.63) is 27.6 Å². The van der Waals surface area contributed by atoms with Crippen molar-refractivity contribution in [3.63, 3.8) is 0 Å². The highest BCUT2D eigenvalue weighted by atomic mass is 35.5. The summed E-state index contributed by atoms with van der Waals surface area (Å²) in [6.07, 6.45) is -9.14. The Bertz CT molecular complexity index is 2000. The zero-order valence-electron chi connectivity index (χ0n) is 22.6. The molecule has 3 fully saturated rings. The Balaban J connectivity index is 1.22. The molecule has 7 rings (SSSR count). The van der Waals surface area contributed by atoms with Crippen LogP contribution in [-0.2, 0) is 36.7 Å². The van der Waals surface area contributed by atoms with Crippen molar-refractivity contribution in [3.8, 4) is 0 Å². The van der Waals surface area contributed by atoms with Gasteiger partial charge in [-0.05, 0) is 11.6 Å². The zero-order chi connectivity index (χ0) is 32.7. The number of halogens is 1. The minimum Gasteiger partial charge on any atom is -0.387 e. The van der Waals surface area contributed by atoms with Gasteiger partial charge in [0.25, 0.3) is 0 Å². The molecule has 248 valence electrons. The van der Waals surface area contributed by atoms with E-state index in [0.717, 1.165) is 4.57 Å². The van der Waals surface area contributed by atoms with Crippen LogP contribution < -0.4 is 16.3 Å². The number of nitrogen functional groups attached to an aromatic ring is 2. The number of nitrogens with two attached hydrogens (primary N) is 2. The topological polar surface area (TPSA) is 273 Å². The first kappa shape index (κ1) is 32.6. The maximum absolute atomic E-state index is 13.6. The maximum atomic E-state index is 13.6. The summed E-state index contributed by atoms with van der Waals surface area (Å²) in [5.41, 5.74) is 12.2. The fourth-order valence-electron chi connectivity index (χ4n) is 5.29. The van der Waals surface area contributed by atoms with Gasteiger partial charge in [-0.1, -0.05) is 35.8 Å². The number of aliphatic hydroxyl groups is 2. The van der Waals surface area contributed by atoms with E-state index >= 15 is 0 Å². The number of thiazole rings is 1. The molecule has 0 aromatic carbocycles. The number of aliphatic hydroxyl groups excluding tert-OH is 2. The van der Waals surface area contributed by atoms with Gasteiger partial charge < -0.3 is 31.2 Å². The third-order valence-corrected chi connectivity index (χ3v) is 11.7. The second kappa shape index (κ2) is 11.9. The van der Waals surface area contributed by atoms with E-state index in [1.54, 1.807) is 0 Å². The Morgan fingerprint density at radius 3 is 2.33 bits per heavy atom. The molecule has 0 aliphatic carbocycles. The van der Waals surface area contributed by atoms with Crippen molar-refractivity contribution in [1.29, 1.82) is 0 Å². The molecule has 0 radical (unpaired) electrons. The summed E-state index contributed by atoms with van der Waals surface area (Å²) in [5.74, 6) is -0.00895. The van der Waals surface area contributed by atoms with Crippen LogP contribution in [0.4, 0.5) is 11.6 Å². The van der Waals surface area contributed by atoms with Gasteiger partial charge in [-0.15, -0.1) is 0 Å². The van der Waals surface area contributed by atoms with E-state index in [2.05, 4.69) is 49.4 Å². The molecule has 3 aliphatic heterocycles. The van der Waals surface area contributed by atoms with Crippen LogP contribution in [0.25, 0.3) is 21.5 Å². The molecule has 46 heavy (non-hydrogen) atoms. The molecule has 4 aromatic heterocycles. The Morgan fingerprint density at radius 2 is 1.59 bits per heavy atom. The highest BCUT2D eigenvalue weighted by molar-refractivity contribution is 8.44. The summed E-state index contributed by atoms with van der Waals surface area (Å²) in [6.45, 7) is -10.0. The standard InChI is InChI=1S/C20H22ClN9O11P2S3/c21-19-27-14(23)12-16(28-19)30(20(33)46-12)17-9(32)10-6(39-17)2-37-43(35,45)41-11-8(31)5(1-36-42(34,44)40-10)38-18(11)29-4-26-7-13(22)24-3-25-15(7)29/h3-6,8-11,17-18,31-32H,1-2H2,(H,34,44)(H,35,45)(H2,22,24,25)(H2,23,27,28)/t5-,6-,8-,9-,10-,11-,17-,18-,42?,43?/m1/s1. The van der Waals surface area contributed by atoms with E-state index in [1.165, 1.54) is 17.2 Å². The number of hydrogen-bond donors (Lipinski definition) is 6. The van der Waals surface area contributed by atoms with E-state index in [4.69, 9.17) is 50.6 Å². The monoisotopic (exact) mass is 757 g/mol. The van der Waals surface area contributed by atoms with Crippen molar-refractivity contribution >= 4 is 94.2 Å². The third-order valence-electron chi connectivity index (χ3n) is 7.31. The van der Waals surface area contributed by atoms with Crippen molar-refractivity contribution in [2.75, 3.05) is 24.7 Å². The third kappa shape index (κ3) is 5.75. The molecular formula is C20H22ClN9O11P2S3. The number of aromatic nitrogens is 7. The SMILES string of the molecule is Nc1ncnc2c1ncn2[C@@H]1O[C@@H]2COP(=O)(S)O[C@H]3[C@@H](O)[C@H](n4c(=O)sc5c(N)nc(Cl)nc54)O[C@@H]3COP(=O)(S)O[C@@H]1[C@@H]2O. The molecule has 2 unspecified atom stereocenters.